The molecule has 0 bridgehead atoms. The predicted molar refractivity (Wildman–Crippen MR) is 133 cm³/mol. The molecule has 0 spiro atoms. The van der Waals surface area contributed by atoms with Gasteiger partial charge < -0.3 is 15.5 Å². The lowest BCUT2D eigenvalue weighted by Crippen LogP contribution is -2.48. The Bertz CT molecular complexity index is 1230. The number of anilines is 1. The number of benzene rings is 2. The number of rotatable bonds is 8. The summed E-state index contributed by atoms with van der Waals surface area (Å²) in [6, 6.07) is 12.4. The van der Waals surface area contributed by atoms with Gasteiger partial charge in [0.25, 0.3) is 0 Å². The first-order valence-electron chi connectivity index (χ1n) is 10.7. The normalized spacial score (nSPS) is 11.8. The summed E-state index contributed by atoms with van der Waals surface area (Å²) in [5, 5.41) is 1.02. The van der Waals surface area contributed by atoms with E-state index in [0.717, 1.165) is 5.56 Å². The Morgan fingerprint density at radius 1 is 1.12 bits per heavy atom. The van der Waals surface area contributed by atoms with Gasteiger partial charge in [0.05, 0.1) is 23.4 Å². The molecular formula is C23H28Cl2N6O2. The number of hydrogen-bond donors (Lipinski definition) is 1. The van der Waals surface area contributed by atoms with E-state index in [2.05, 4.69) is 9.98 Å². The number of nitrogens with zero attached hydrogens (tertiary/aromatic N) is 5. The van der Waals surface area contributed by atoms with Crippen LogP contribution < -0.4 is 26.8 Å². The molecular weight excluding hydrogens is 463 g/mol. The van der Waals surface area contributed by atoms with E-state index in [1.54, 1.807) is 30.3 Å². The smallest absolute Gasteiger partial charge is 0.354 e. The van der Waals surface area contributed by atoms with E-state index >= 15 is 0 Å². The molecule has 0 fully saturated rings. The first kappa shape index (κ1) is 24.7. The lowest BCUT2D eigenvalue weighted by molar-refractivity contribution is 0.242. The van der Waals surface area contributed by atoms with Crippen LogP contribution in [0.5, 0.6) is 5.75 Å². The number of hydrogen-bond acceptors (Lipinski definition) is 6. The SMILES string of the molecule is CCN(CC)c1nc(=O)n(Cc2ccc(Cl)cc2)/c(=N/c2ccc(OC(C)C)c(Cl)c2)n1N. The number of ether oxygens (including phenoxy) is 1. The van der Waals surface area contributed by atoms with Crippen LogP contribution in [0.4, 0.5) is 11.6 Å². The summed E-state index contributed by atoms with van der Waals surface area (Å²) in [5.41, 5.74) is 1.16. The number of halogens is 2. The van der Waals surface area contributed by atoms with Crippen LogP contribution in [0.15, 0.2) is 52.3 Å². The Labute approximate surface area is 202 Å². The Hall–Kier alpha value is -2.97. The van der Waals surface area contributed by atoms with Crippen LogP contribution >= 0.6 is 23.2 Å². The van der Waals surface area contributed by atoms with Gasteiger partial charge in [-0.15, -0.1) is 0 Å². The van der Waals surface area contributed by atoms with E-state index in [1.807, 2.05) is 44.7 Å². The average molecular weight is 491 g/mol. The topological polar surface area (TPSA) is 90.7 Å². The Kier molecular flexibility index (Phi) is 8.05. The molecule has 2 aromatic carbocycles. The first-order chi connectivity index (χ1) is 15.7. The standard InChI is InChI=1S/C23H28Cl2N6O2/c1-5-29(6-2)21-28-23(32)30(14-16-7-9-17(24)10-8-16)22(31(21)26)27-18-11-12-20(19(25)13-18)33-15(3)4/h7-13,15H,5-6,14,26H2,1-4H3/b27-22-. The van der Waals surface area contributed by atoms with Gasteiger partial charge in [0.15, 0.2) is 0 Å². The third-order valence-electron chi connectivity index (χ3n) is 4.91. The van der Waals surface area contributed by atoms with Crippen molar-refractivity contribution in [3.8, 4) is 5.75 Å². The summed E-state index contributed by atoms with van der Waals surface area (Å²) in [4.78, 5) is 23.9. The molecule has 0 unspecified atom stereocenters. The Morgan fingerprint density at radius 2 is 1.79 bits per heavy atom. The third-order valence-corrected chi connectivity index (χ3v) is 5.45. The van der Waals surface area contributed by atoms with Crippen molar-refractivity contribution in [3.63, 3.8) is 0 Å². The van der Waals surface area contributed by atoms with Gasteiger partial charge in [-0.1, -0.05) is 35.3 Å². The maximum Gasteiger partial charge on any atom is 0.354 e. The molecule has 0 aliphatic rings. The Morgan fingerprint density at radius 3 is 2.36 bits per heavy atom. The molecule has 0 atom stereocenters. The number of nitrogen functional groups attached to an aromatic ring is 1. The van der Waals surface area contributed by atoms with Crippen LogP contribution in [0.2, 0.25) is 10.0 Å². The van der Waals surface area contributed by atoms with Gasteiger partial charge in [0, 0.05) is 18.1 Å². The van der Waals surface area contributed by atoms with Gasteiger partial charge in [-0.05, 0) is 63.6 Å². The second-order valence-electron chi connectivity index (χ2n) is 7.64. The third kappa shape index (κ3) is 5.89. The highest BCUT2D eigenvalue weighted by atomic mass is 35.5. The van der Waals surface area contributed by atoms with Gasteiger partial charge >= 0.3 is 5.69 Å². The van der Waals surface area contributed by atoms with Crippen LogP contribution in [0.3, 0.4) is 0 Å². The molecule has 3 rings (SSSR count). The second kappa shape index (κ2) is 10.8. The maximum atomic E-state index is 13.1. The van der Waals surface area contributed by atoms with Gasteiger partial charge in [-0.3, -0.25) is 4.57 Å². The van der Waals surface area contributed by atoms with E-state index in [-0.39, 0.29) is 18.3 Å². The van der Waals surface area contributed by atoms with Crippen molar-refractivity contribution < 1.29 is 4.74 Å². The quantitative estimate of drug-likeness (QED) is 0.482. The van der Waals surface area contributed by atoms with Crippen molar-refractivity contribution in [1.29, 1.82) is 0 Å². The number of nitrogens with two attached hydrogens (primary N) is 1. The van der Waals surface area contributed by atoms with Gasteiger partial charge in [0.2, 0.25) is 11.6 Å². The number of aromatic nitrogens is 3. The molecule has 176 valence electrons. The molecule has 2 N–H and O–H groups in total. The molecule has 1 heterocycles. The molecule has 0 saturated carbocycles. The molecule has 0 saturated heterocycles. The molecule has 10 heteroatoms. The fraction of sp³-hybridized carbons (Fsp3) is 0.348. The molecule has 3 aromatic rings. The summed E-state index contributed by atoms with van der Waals surface area (Å²) in [6.45, 7) is 9.27. The molecule has 0 amide bonds. The summed E-state index contributed by atoms with van der Waals surface area (Å²) in [5.74, 6) is 7.34. The zero-order chi connectivity index (χ0) is 24.1. The molecule has 0 aliphatic heterocycles. The van der Waals surface area contributed by atoms with Crippen molar-refractivity contribution in [1.82, 2.24) is 14.2 Å². The highest BCUT2D eigenvalue weighted by molar-refractivity contribution is 6.32. The van der Waals surface area contributed by atoms with Crippen molar-refractivity contribution in [3.05, 3.63) is 74.2 Å². The molecule has 33 heavy (non-hydrogen) atoms. The van der Waals surface area contributed by atoms with Gasteiger partial charge in [-0.25, -0.2) is 9.79 Å². The molecule has 0 aliphatic carbocycles. The van der Waals surface area contributed by atoms with Crippen LogP contribution in [0.25, 0.3) is 0 Å². The van der Waals surface area contributed by atoms with Gasteiger partial charge in [-0.2, -0.15) is 9.66 Å². The minimum absolute atomic E-state index is 0.0159. The van der Waals surface area contributed by atoms with Crippen LogP contribution in [-0.4, -0.2) is 33.4 Å². The fourth-order valence-corrected chi connectivity index (χ4v) is 3.63. The summed E-state index contributed by atoms with van der Waals surface area (Å²) < 4.78 is 8.45. The maximum absolute atomic E-state index is 13.1. The first-order valence-corrected chi connectivity index (χ1v) is 11.5. The highest BCUT2D eigenvalue weighted by Crippen LogP contribution is 2.29. The van der Waals surface area contributed by atoms with E-state index in [4.69, 9.17) is 33.8 Å². The minimum Gasteiger partial charge on any atom is -0.489 e. The molecule has 1 aromatic heterocycles. The van der Waals surface area contributed by atoms with Crippen molar-refractivity contribution >= 4 is 34.8 Å². The van der Waals surface area contributed by atoms with Crippen LogP contribution in [0.1, 0.15) is 33.3 Å². The van der Waals surface area contributed by atoms with Crippen LogP contribution in [0, 0.1) is 0 Å². The zero-order valence-corrected chi connectivity index (χ0v) is 20.6. The summed E-state index contributed by atoms with van der Waals surface area (Å²) in [6.07, 6.45) is -0.0159. The van der Waals surface area contributed by atoms with Crippen molar-refractivity contribution in [2.45, 2.75) is 40.3 Å². The highest BCUT2D eigenvalue weighted by Gasteiger charge is 2.15. The Balaban J connectivity index is 2.20. The second-order valence-corrected chi connectivity index (χ2v) is 8.49. The average Bonchev–Trinajstić information content (AvgIpc) is 2.77. The van der Waals surface area contributed by atoms with E-state index < -0.39 is 5.69 Å². The van der Waals surface area contributed by atoms with E-state index in [9.17, 15) is 4.79 Å². The summed E-state index contributed by atoms with van der Waals surface area (Å²) in [7, 11) is 0. The van der Waals surface area contributed by atoms with Gasteiger partial charge in [0.1, 0.15) is 5.75 Å². The van der Waals surface area contributed by atoms with E-state index in [1.165, 1.54) is 9.24 Å². The van der Waals surface area contributed by atoms with E-state index in [0.29, 0.717) is 40.5 Å². The van der Waals surface area contributed by atoms with Crippen molar-refractivity contribution in [2.24, 2.45) is 4.99 Å². The lowest BCUT2D eigenvalue weighted by Gasteiger charge is -2.22. The minimum atomic E-state index is -0.460. The monoisotopic (exact) mass is 490 g/mol. The largest absolute Gasteiger partial charge is 0.489 e. The lowest BCUT2D eigenvalue weighted by atomic mass is 10.2. The molecule has 8 nitrogen and oxygen atoms in total. The van der Waals surface area contributed by atoms with Crippen molar-refractivity contribution in [2.75, 3.05) is 23.8 Å². The zero-order valence-electron chi connectivity index (χ0n) is 19.1. The fourth-order valence-electron chi connectivity index (χ4n) is 3.28. The predicted octanol–water partition coefficient (Wildman–Crippen LogP) is 3.98. The van der Waals surface area contributed by atoms with Crippen LogP contribution in [-0.2, 0) is 6.54 Å². The molecule has 0 radical (unpaired) electrons. The summed E-state index contributed by atoms with van der Waals surface area (Å²) >= 11 is 12.4.